The second kappa shape index (κ2) is 8.53. The van der Waals surface area contributed by atoms with Crippen molar-refractivity contribution < 1.29 is 22.7 Å². The van der Waals surface area contributed by atoms with Gasteiger partial charge in [-0.25, -0.2) is 13.2 Å². The molecule has 156 valence electrons. The van der Waals surface area contributed by atoms with Crippen molar-refractivity contribution in [2.75, 3.05) is 18.1 Å². The van der Waals surface area contributed by atoms with Gasteiger partial charge in [0.05, 0.1) is 11.5 Å². The van der Waals surface area contributed by atoms with E-state index in [1.165, 1.54) is 21.8 Å². The highest BCUT2D eigenvalue weighted by molar-refractivity contribution is 7.91. The highest BCUT2D eigenvalue weighted by atomic mass is 32.2. The second-order valence-electron chi connectivity index (χ2n) is 8.10. The maximum Gasteiger partial charge on any atom is 0.348 e. The molecule has 3 rings (SSSR count). The molecule has 3 atom stereocenters. The minimum atomic E-state index is -3.10. The molecule has 0 saturated carbocycles. The van der Waals surface area contributed by atoms with E-state index in [1.807, 2.05) is 19.9 Å². The lowest BCUT2D eigenvalue weighted by Gasteiger charge is -2.33. The molecule has 1 amide bonds. The predicted molar refractivity (Wildman–Crippen MR) is 109 cm³/mol. The number of aryl methyl sites for hydroxylation is 1. The van der Waals surface area contributed by atoms with Gasteiger partial charge in [0.1, 0.15) is 4.88 Å². The molecule has 1 aromatic heterocycles. The topological polar surface area (TPSA) is 80.8 Å². The third-order valence-corrected chi connectivity index (χ3v) is 8.78. The van der Waals surface area contributed by atoms with Gasteiger partial charge in [-0.15, -0.1) is 11.3 Å². The maximum absolute atomic E-state index is 12.8. The third kappa shape index (κ3) is 4.76. The summed E-state index contributed by atoms with van der Waals surface area (Å²) in [7, 11) is -3.10. The van der Waals surface area contributed by atoms with Crippen molar-refractivity contribution in [1.29, 1.82) is 0 Å². The molecule has 28 heavy (non-hydrogen) atoms. The van der Waals surface area contributed by atoms with Crippen LogP contribution < -0.4 is 0 Å². The zero-order valence-electron chi connectivity index (χ0n) is 16.8. The number of hydrogen-bond acceptors (Lipinski definition) is 6. The van der Waals surface area contributed by atoms with Gasteiger partial charge in [0.2, 0.25) is 0 Å². The largest absolute Gasteiger partial charge is 0.451 e. The smallest absolute Gasteiger partial charge is 0.348 e. The molecule has 8 heteroatoms. The SMILES string of the molecule is CC[C@@H](C)N(C(=O)COC(=O)c1cc2c(s1)CC[C@H](C)C2)[C@H]1CCS(=O)(=O)C1. The zero-order chi connectivity index (χ0) is 20.5. The summed E-state index contributed by atoms with van der Waals surface area (Å²) in [4.78, 5) is 28.6. The zero-order valence-corrected chi connectivity index (χ0v) is 18.4. The van der Waals surface area contributed by atoms with E-state index in [-0.39, 0.29) is 36.1 Å². The Morgan fingerprint density at radius 1 is 1.36 bits per heavy atom. The number of sulfone groups is 1. The van der Waals surface area contributed by atoms with Crippen LogP contribution in [0.1, 0.15) is 60.1 Å². The number of ether oxygens (including phenoxy) is 1. The molecule has 0 unspecified atom stereocenters. The van der Waals surface area contributed by atoms with Crippen molar-refractivity contribution in [2.45, 2.75) is 65.0 Å². The number of hydrogen-bond donors (Lipinski definition) is 0. The lowest BCUT2D eigenvalue weighted by Crippen LogP contribution is -2.48. The molecular formula is C20H29NO5S2. The van der Waals surface area contributed by atoms with Gasteiger partial charge < -0.3 is 9.64 Å². The molecule has 0 spiro atoms. The van der Waals surface area contributed by atoms with Gasteiger partial charge in [0.15, 0.2) is 16.4 Å². The summed E-state index contributed by atoms with van der Waals surface area (Å²) in [5.74, 6) is -0.0634. The molecule has 0 bridgehead atoms. The molecular weight excluding hydrogens is 398 g/mol. The van der Waals surface area contributed by atoms with Gasteiger partial charge in [0.25, 0.3) is 5.91 Å². The van der Waals surface area contributed by atoms with Crippen molar-refractivity contribution >= 4 is 33.1 Å². The minimum Gasteiger partial charge on any atom is -0.451 e. The van der Waals surface area contributed by atoms with Crippen LogP contribution >= 0.6 is 11.3 Å². The third-order valence-electron chi connectivity index (χ3n) is 5.81. The monoisotopic (exact) mass is 427 g/mol. The number of rotatable bonds is 6. The van der Waals surface area contributed by atoms with Gasteiger partial charge in [-0.1, -0.05) is 13.8 Å². The Morgan fingerprint density at radius 2 is 2.11 bits per heavy atom. The summed E-state index contributed by atoms with van der Waals surface area (Å²) in [6, 6.07) is 1.47. The van der Waals surface area contributed by atoms with E-state index in [2.05, 4.69) is 6.92 Å². The average Bonchev–Trinajstić information content (AvgIpc) is 3.22. The molecule has 1 aliphatic carbocycles. The minimum absolute atomic E-state index is 0.00709. The molecule has 1 fully saturated rings. The molecule has 1 saturated heterocycles. The molecule has 0 N–H and O–H groups in total. The highest BCUT2D eigenvalue weighted by Gasteiger charge is 2.36. The predicted octanol–water partition coefficient (Wildman–Crippen LogP) is 2.84. The lowest BCUT2D eigenvalue weighted by molar-refractivity contribution is -0.138. The Labute approximate surface area is 171 Å². The van der Waals surface area contributed by atoms with Crippen molar-refractivity contribution in [3.05, 3.63) is 21.4 Å². The molecule has 0 aromatic carbocycles. The molecule has 1 aromatic rings. The van der Waals surface area contributed by atoms with E-state index in [0.29, 0.717) is 23.6 Å². The van der Waals surface area contributed by atoms with E-state index in [0.717, 1.165) is 19.3 Å². The summed E-state index contributed by atoms with van der Waals surface area (Å²) in [6.07, 6.45) is 4.27. The summed E-state index contributed by atoms with van der Waals surface area (Å²) in [5.41, 5.74) is 1.22. The van der Waals surface area contributed by atoms with Crippen molar-refractivity contribution in [2.24, 2.45) is 5.92 Å². The van der Waals surface area contributed by atoms with E-state index in [9.17, 15) is 18.0 Å². The van der Waals surface area contributed by atoms with Crippen LogP contribution in [0.2, 0.25) is 0 Å². The first-order valence-electron chi connectivity index (χ1n) is 10.0. The molecule has 1 aliphatic heterocycles. The van der Waals surface area contributed by atoms with Gasteiger partial charge in [-0.3, -0.25) is 4.79 Å². The van der Waals surface area contributed by atoms with Gasteiger partial charge in [-0.05, 0) is 56.6 Å². The number of amides is 1. The molecule has 2 heterocycles. The van der Waals surface area contributed by atoms with Crippen LogP contribution in [0, 0.1) is 5.92 Å². The van der Waals surface area contributed by atoms with E-state index in [1.54, 1.807) is 4.90 Å². The standard InChI is InChI=1S/C20H29NO5S2/c1-4-14(3)21(16-7-8-28(24,25)12-16)19(22)11-26-20(23)18-10-15-9-13(2)5-6-17(15)27-18/h10,13-14,16H,4-9,11-12H2,1-3H3/t13-,14+,16-/m0/s1. The molecule has 6 nitrogen and oxygen atoms in total. The Hall–Kier alpha value is -1.41. The van der Waals surface area contributed by atoms with Crippen molar-refractivity contribution in [3.8, 4) is 0 Å². The van der Waals surface area contributed by atoms with Crippen LogP contribution in [-0.2, 0) is 32.2 Å². The van der Waals surface area contributed by atoms with Crippen molar-refractivity contribution in [1.82, 2.24) is 4.90 Å². The highest BCUT2D eigenvalue weighted by Crippen LogP contribution is 2.32. The summed E-state index contributed by atoms with van der Waals surface area (Å²) >= 11 is 1.46. The fourth-order valence-electron chi connectivity index (χ4n) is 4.08. The lowest BCUT2D eigenvalue weighted by atomic mass is 9.90. The molecule has 0 radical (unpaired) electrons. The summed E-state index contributed by atoms with van der Waals surface area (Å²) in [5, 5.41) is 0. The van der Waals surface area contributed by atoms with Crippen LogP contribution in [0.5, 0.6) is 0 Å². The van der Waals surface area contributed by atoms with E-state index < -0.39 is 15.8 Å². The van der Waals surface area contributed by atoms with Gasteiger partial charge in [-0.2, -0.15) is 0 Å². The quantitative estimate of drug-likeness (QED) is 0.652. The number of thiophene rings is 1. The second-order valence-corrected chi connectivity index (χ2v) is 11.5. The molecule has 2 aliphatic rings. The Morgan fingerprint density at radius 3 is 2.75 bits per heavy atom. The number of fused-ring (bicyclic) bond motifs is 1. The van der Waals surface area contributed by atoms with Crippen LogP contribution in [-0.4, -0.2) is 55.4 Å². The Kier molecular flexibility index (Phi) is 6.49. The fourth-order valence-corrected chi connectivity index (χ4v) is 6.89. The Balaban J connectivity index is 1.63. The maximum atomic E-state index is 12.8. The van der Waals surface area contributed by atoms with Crippen LogP contribution in [0.25, 0.3) is 0 Å². The van der Waals surface area contributed by atoms with Crippen LogP contribution in [0.15, 0.2) is 6.07 Å². The summed E-state index contributed by atoms with van der Waals surface area (Å²) in [6.45, 7) is 5.72. The van der Waals surface area contributed by atoms with E-state index in [4.69, 9.17) is 4.74 Å². The number of esters is 1. The van der Waals surface area contributed by atoms with Gasteiger partial charge >= 0.3 is 5.97 Å². The van der Waals surface area contributed by atoms with E-state index >= 15 is 0 Å². The Bertz CT molecular complexity index is 845. The average molecular weight is 428 g/mol. The number of carbonyl (C=O) groups excluding carboxylic acids is 2. The van der Waals surface area contributed by atoms with Crippen LogP contribution in [0.3, 0.4) is 0 Å². The van der Waals surface area contributed by atoms with Crippen molar-refractivity contribution in [3.63, 3.8) is 0 Å². The first-order valence-corrected chi connectivity index (χ1v) is 12.6. The first kappa shape index (κ1) is 21.3. The van der Waals surface area contributed by atoms with Gasteiger partial charge in [0, 0.05) is 17.0 Å². The number of carbonyl (C=O) groups is 2. The number of nitrogens with zero attached hydrogens (tertiary/aromatic N) is 1. The first-order chi connectivity index (χ1) is 13.2. The summed E-state index contributed by atoms with van der Waals surface area (Å²) < 4.78 is 29.0. The van der Waals surface area contributed by atoms with Crippen LogP contribution in [0.4, 0.5) is 0 Å². The fraction of sp³-hybridized carbons (Fsp3) is 0.700. The normalized spacial score (nSPS) is 24.4.